The van der Waals surface area contributed by atoms with Crippen LogP contribution in [-0.4, -0.2) is 36.5 Å². The van der Waals surface area contributed by atoms with Crippen LogP contribution in [0.4, 0.5) is 4.39 Å². The van der Waals surface area contributed by atoms with Gasteiger partial charge in [0.2, 0.25) is 11.8 Å². The molecule has 2 aromatic carbocycles. The van der Waals surface area contributed by atoms with Crippen molar-refractivity contribution in [2.45, 2.75) is 69.2 Å². The molecule has 0 radical (unpaired) electrons. The van der Waals surface area contributed by atoms with Gasteiger partial charge >= 0.3 is 0 Å². The van der Waals surface area contributed by atoms with Crippen LogP contribution in [-0.2, 0) is 25.2 Å². The van der Waals surface area contributed by atoms with Crippen molar-refractivity contribution in [1.82, 2.24) is 10.2 Å². The monoisotopic (exact) mass is 474 g/mol. The first-order chi connectivity index (χ1) is 15.7. The molecule has 0 bridgehead atoms. The van der Waals surface area contributed by atoms with Crippen LogP contribution in [0.25, 0.3) is 0 Å². The maximum atomic E-state index is 13.4. The lowest BCUT2D eigenvalue weighted by atomic mass is 9.99. The number of benzene rings is 2. The summed E-state index contributed by atoms with van der Waals surface area (Å²) in [6.07, 6.45) is 3.44. The Morgan fingerprint density at radius 3 is 2.39 bits per heavy atom. The number of nitrogens with one attached hydrogen (secondary N) is 1. The zero-order valence-corrected chi connectivity index (χ0v) is 19.9. The number of sulfone groups is 1. The molecule has 3 unspecified atom stereocenters. The SMILES string of the molecule is CCCCCC(NC(=O)C(C)N1C(=O)CC1S(=O)(=O)Cc1ccccc1)c1ccc(F)cc1. The van der Waals surface area contributed by atoms with Crippen LogP contribution in [0, 0.1) is 5.82 Å². The third-order valence-corrected chi connectivity index (χ3v) is 8.01. The molecular formula is C25H31FN2O4S. The number of nitrogens with zero attached hydrogens (tertiary/aromatic N) is 1. The van der Waals surface area contributed by atoms with Gasteiger partial charge in [0, 0.05) is 0 Å². The minimum atomic E-state index is -3.66. The molecule has 1 aliphatic heterocycles. The molecule has 0 saturated carbocycles. The first-order valence-corrected chi connectivity index (χ1v) is 13.1. The number of amides is 2. The summed E-state index contributed by atoms with van der Waals surface area (Å²) in [5, 5.41) is 1.93. The molecule has 0 spiro atoms. The second kappa shape index (κ2) is 10.9. The molecule has 1 N–H and O–H groups in total. The van der Waals surface area contributed by atoms with Crippen molar-refractivity contribution in [2.75, 3.05) is 0 Å². The molecule has 0 aromatic heterocycles. The normalized spacial score (nSPS) is 17.8. The fourth-order valence-corrected chi connectivity index (χ4v) is 6.00. The molecule has 178 valence electrons. The highest BCUT2D eigenvalue weighted by atomic mass is 32.2. The van der Waals surface area contributed by atoms with Crippen LogP contribution in [0.2, 0.25) is 0 Å². The Bertz CT molecular complexity index is 1060. The Kier molecular flexibility index (Phi) is 8.24. The van der Waals surface area contributed by atoms with Gasteiger partial charge in [-0.15, -0.1) is 0 Å². The highest BCUT2D eigenvalue weighted by Crippen LogP contribution is 2.30. The van der Waals surface area contributed by atoms with E-state index in [1.165, 1.54) is 17.0 Å². The Morgan fingerprint density at radius 1 is 1.12 bits per heavy atom. The van der Waals surface area contributed by atoms with E-state index in [1.807, 2.05) is 0 Å². The van der Waals surface area contributed by atoms with Gasteiger partial charge in [0.05, 0.1) is 18.2 Å². The largest absolute Gasteiger partial charge is 0.348 e. The highest BCUT2D eigenvalue weighted by molar-refractivity contribution is 7.91. The van der Waals surface area contributed by atoms with Crippen molar-refractivity contribution in [3.63, 3.8) is 0 Å². The average Bonchev–Trinajstić information content (AvgIpc) is 2.77. The molecule has 1 heterocycles. The predicted octanol–water partition coefficient (Wildman–Crippen LogP) is 4.13. The van der Waals surface area contributed by atoms with E-state index in [0.29, 0.717) is 12.0 Å². The predicted molar refractivity (Wildman–Crippen MR) is 125 cm³/mol. The molecule has 3 rings (SSSR count). The van der Waals surface area contributed by atoms with Gasteiger partial charge in [-0.2, -0.15) is 0 Å². The maximum absolute atomic E-state index is 13.4. The summed E-state index contributed by atoms with van der Waals surface area (Å²) >= 11 is 0. The second-order valence-corrected chi connectivity index (χ2v) is 10.7. The maximum Gasteiger partial charge on any atom is 0.243 e. The van der Waals surface area contributed by atoms with Gasteiger partial charge in [-0.3, -0.25) is 9.59 Å². The highest BCUT2D eigenvalue weighted by Gasteiger charge is 2.48. The van der Waals surface area contributed by atoms with Crippen LogP contribution in [0.5, 0.6) is 0 Å². The average molecular weight is 475 g/mol. The minimum absolute atomic E-state index is 0.120. The summed E-state index contributed by atoms with van der Waals surface area (Å²) in [5.74, 6) is -1.33. The Balaban J connectivity index is 1.71. The zero-order chi connectivity index (χ0) is 24.0. The second-order valence-electron chi connectivity index (χ2n) is 8.54. The van der Waals surface area contributed by atoms with Gasteiger partial charge in [0.15, 0.2) is 9.84 Å². The molecule has 33 heavy (non-hydrogen) atoms. The van der Waals surface area contributed by atoms with Crippen LogP contribution >= 0.6 is 0 Å². The van der Waals surface area contributed by atoms with E-state index in [4.69, 9.17) is 0 Å². The van der Waals surface area contributed by atoms with Gasteiger partial charge in [-0.05, 0) is 36.6 Å². The van der Waals surface area contributed by atoms with Crippen LogP contribution in [0.15, 0.2) is 54.6 Å². The lowest BCUT2D eigenvalue weighted by Crippen LogP contribution is -2.63. The molecule has 0 aliphatic carbocycles. The van der Waals surface area contributed by atoms with Crippen molar-refractivity contribution in [1.29, 1.82) is 0 Å². The van der Waals surface area contributed by atoms with Gasteiger partial charge in [0.25, 0.3) is 0 Å². The number of carbonyl (C=O) groups is 2. The van der Waals surface area contributed by atoms with Gasteiger partial charge in [-0.1, -0.05) is 68.7 Å². The Morgan fingerprint density at radius 2 is 1.79 bits per heavy atom. The molecule has 3 atom stereocenters. The number of likely N-dealkylation sites (tertiary alicyclic amines) is 1. The van der Waals surface area contributed by atoms with E-state index in [9.17, 15) is 22.4 Å². The number of unbranched alkanes of at least 4 members (excludes halogenated alkanes) is 2. The van der Waals surface area contributed by atoms with Crippen molar-refractivity contribution in [2.24, 2.45) is 0 Å². The molecule has 1 fully saturated rings. The van der Waals surface area contributed by atoms with Crippen LogP contribution < -0.4 is 5.32 Å². The van der Waals surface area contributed by atoms with Crippen LogP contribution in [0.3, 0.4) is 0 Å². The van der Waals surface area contributed by atoms with E-state index in [-0.39, 0.29) is 29.9 Å². The van der Waals surface area contributed by atoms with E-state index < -0.39 is 27.2 Å². The summed E-state index contributed by atoms with van der Waals surface area (Å²) in [6.45, 7) is 3.63. The van der Waals surface area contributed by atoms with E-state index in [0.717, 1.165) is 24.8 Å². The molecule has 2 amide bonds. The quantitative estimate of drug-likeness (QED) is 0.392. The van der Waals surface area contributed by atoms with Crippen molar-refractivity contribution in [3.05, 3.63) is 71.5 Å². The number of carbonyl (C=O) groups excluding carboxylic acids is 2. The third-order valence-electron chi connectivity index (χ3n) is 6.05. The van der Waals surface area contributed by atoms with Gasteiger partial charge in [-0.25, -0.2) is 12.8 Å². The summed E-state index contributed by atoms with van der Waals surface area (Å²) in [7, 11) is -3.66. The van der Waals surface area contributed by atoms with Crippen molar-refractivity contribution < 1.29 is 22.4 Å². The number of rotatable bonds is 11. The summed E-state index contributed by atoms with van der Waals surface area (Å²) in [4.78, 5) is 26.6. The molecule has 1 aliphatic rings. The lowest BCUT2D eigenvalue weighted by Gasteiger charge is -2.43. The minimum Gasteiger partial charge on any atom is -0.348 e. The fraction of sp³-hybridized carbons (Fsp3) is 0.440. The molecule has 1 saturated heterocycles. The Hall–Kier alpha value is -2.74. The summed E-state index contributed by atoms with van der Waals surface area (Å²) in [6, 6.07) is 13.5. The van der Waals surface area contributed by atoms with Gasteiger partial charge < -0.3 is 10.2 Å². The topological polar surface area (TPSA) is 83.6 Å². The van der Waals surface area contributed by atoms with Crippen molar-refractivity contribution in [3.8, 4) is 0 Å². The molecule has 6 nitrogen and oxygen atoms in total. The number of halogens is 1. The van der Waals surface area contributed by atoms with E-state index in [1.54, 1.807) is 49.4 Å². The van der Waals surface area contributed by atoms with E-state index in [2.05, 4.69) is 12.2 Å². The zero-order valence-electron chi connectivity index (χ0n) is 19.0. The number of hydrogen-bond donors (Lipinski definition) is 1. The summed E-state index contributed by atoms with van der Waals surface area (Å²) < 4.78 is 39.3. The smallest absolute Gasteiger partial charge is 0.243 e. The summed E-state index contributed by atoms with van der Waals surface area (Å²) in [5.41, 5.74) is 1.41. The Labute approximate surface area is 195 Å². The molecule has 2 aromatic rings. The van der Waals surface area contributed by atoms with Crippen molar-refractivity contribution >= 4 is 21.7 Å². The molecular weight excluding hydrogens is 443 g/mol. The number of hydrogen-bond acceptors (Lipinski definition) is 4. The van der Waals surface area contributed by atoms with Gasteiger partial charge in [0.1, 0.15) is 17.2 Å². The van der Waals surface area contributed by atoms with E-state index >= 15 is 0 Å². The molecule has 8 heteroatoms. The third kappa shape index (κ3) is 6.19. The number of β-lactam (4-membered cyclic amide) rings is 1. The standard InChI is InChI=1S/C25H31FN2O4S/c1-3-4-6-11-22(20-12-14-21(26)15-13-20)27-25(30)18(2)28-23(29)16-24(28)33(31,32)17-19-9-7-5-8-10-19/h5,7-10,12-15,18,22,24H,3-4,6,11,16-17H2,1-2H3,(H,27,30). The lowest BCUT2D eigenvalue weighted by molar-refractivity contribution is -0.150. The fourth-order valence-electron chi connectivity index (χ4n) is 4.10. The first-order valence-electron chi connectivity index (χ1n) is 11.4. The van der Waals surface area contributed by atoms with Crippen LogP contribution in [0.1, 0.15) is 63.1 Å². The first kappa shape index (κ1) is 24.9.